The van der Waals surface area contributed by atoms with E-state index in [-0.39, 0.29) is 11.0 Å². The molecule has 0 fully saturated rings. The number of carbonyl (C=O) groups is 1. The van der Waals surface area contributed by atoms with Crippen LogP contribution >= 0.6 is 0 Å². The highest BCUT2D eigenvalue weighted by Crippen LogP contribution is 2.19. The fraction of sp³-hybridized carbons (Fsp3) is 0.538. The van der Waals surface area contributed by atoms with E-state index in [0.29, 0.717) is 5.82 Å². The summed E-state index contributed by atoms with van der Waals surface area (Å²) < 4.78 is 0. The summed E-state index contributed by atoms with van der Waals surface area (Å²) in [7, 11) is 0. The number of hydrogen-bond donors (Lipinski definition) is 2. The van der Waals surface area contributed by atoms with E-state index in [4.69, 9.17) is 5.11 Å². The first kappa shape index (κ1) is 13.5. The monoisotopic (exact) mass is 236 g/mol. The molecule has 1 rings (SSSR count). The molecule has 0 unspecified atom stereocenters. The lowest BCUT2D eigenvalue weighted by Crippen LogP contribution is -2.15. The summed E-state index contributed by atoms with van der Waals surface area (Å²) in [6.45, 7) is 9.02. The molecule has 0 spiro atoms. The van der Waals surface area contributed by atoms with E-state index < -0.39 is 5.97 Å². The van der Waals surface area contributed by atoms with Crippen LogP contribution in [-0.2, 0) is 0 Å². The van der Waals surface area contributed by atoms with E-state index in [2.05, 4.69) is 31.1 Å². The number of aromatic nitrogens is 1. The summed E-state index contributed by atoms with van der Waals surface area (Å²) in [6, 6.07) is 3.29. The Morgan fingerprint density at radius 3 is 2.59 bits per heavy atom. The Morgan fingerprint density at radius 2 is 2.06 bits per heavy atom. The molecule has 17 heavy (non-hydrogen) atoms. The van der Waals surface area contributed by atoms with Crippen molar-refractivity contribution in [3.63, 3.8) is 0 Å². The molecule has 1 heterocycles. The lowest BCUT2D eigenvalue weighted by Gasteiger charge is -2.18. The van der Waals surface area contributed by atoms with Gasteiger partial charge in [0.1, 0.15) is 11.4 Å². The Labute approximate surface area is 102 Å². The van der Waals surface area contributed by atoms with Gasteiger partial charge in [-0.05, 0) is 30.9 Å². The van der Waals surface area contributed by atoms with Crippen LogP contribution in [0.4, 0.5) is 5.82 Å². The number of hydrogen-bond acceptors (Lipinski definition) is 3. The maximum absolute atomic E-state index is 11.0. The summed E-state index contributed by atoms with van der Waals surface area (Å²) in [5.41, 5.74) is 1.26. The number of aromatic carboxylic acids is 1. The second kappa shape index (κ2) is 5.17. The molecule has 4 nitrogen and oxygen atoms in total. The quantitative estimate of drug-likeness (QED) is 0.843. The Kier molecular flexibility index (Phi) is 4.10. The van der Waals surface area contributed by atoms with Crippen molar-refractivity contribution < 1.29 is 9.90 Å². The van der Waals surface area contributed by atoms with Gasteiger partial charge in [0, 0.05) is 12.2 Å². The first-order valence-electron chi connectivity index (χ1n) is 5.74. The number of carboxylic acid groups (broad SMARTS) is 1. The Balaban J connectivity index is 2.75. The van der Waals surface area contributed by atoms with Gasteiger partial charge in [0.25, 0.3) is 0 Å². The summed E-state index contributed by atoms with van der Waals surface area (Å²) in [5.74, 6) is -0.488. The van der Waals surface area contributed by atoms with Gasteiger partial charge >= 0.3 is 5.97 Å². The first-order valence-corrected chi connectivity index (χ1v) is 5.74. The summed E-state index contributed by atoms with van der Waals surface area (Å²) in [6.07, 6.45) is 0.960. The highest BCUT2D eigenvalue weighted by molar-refractivity contribution is 5.93. The topological polar surface area (TPSA) is 62.2 Å². The van der Waals surface area contributed by atoms with Crippen molar-refractivity contribution in [1.29, 1.82) is 0 Å². The Hall–Kier alpha value is -1.58. The van der Waals surface area contributed by atoms with Crippen LogP contribution in [0.3, 0.4) is 0 Å². The maximum Gasteiger partial charge on any atom is 0.339 e. The molecule has 2 N–H and O–H groups in total. The van der Waals surface area contributed by atoms with Crippen LogP contribution < -0.4 is 5.32 Å². The minimum absolute atomic E-state index is 0.222. The first-order chi connectivity index (χ1) is 7.79. The average Bonchev–Trinajstić information content (AvgIpc) is 2.15. The number of aryl methyl sites for hydroxylation is 1. The molecule has 0 bridgehead atoms. The normalized spacial score (nSPS) is 11.3. The second-order valence-electron chi connectivity index (χ2n) is 5.39. The van der Waals surface area contributed by atoms with Gasteiger partial charge < -0.3 is 10.4 Å². The lowest BCUT2D eigenvalue weighted by atomic mass is 9.92. The average molecular weight is 236 g/mol. The van der Waals surface area contributed by atoms with E-state index >= 15 is 0 Å². The Morgan fingerprint density at radius 1 is 1.41 bits per heavy atom. The van der Waals surface area contributed by atoms with Gasteiger partial charge in [-0.2, -0.15) is 0 Å². The molecular formula is C13H20N2O2. The number of nitrogens with one attached hydrogen (secondary N) is 1. The third-order valence-electron chi connectivity index (χ3n) is 2.43. The molecule has 0 amide bonds. The molecule has 0 radical (unpaired) electrons. The zero-order chi connectivity index (χ0) is 13.1. The minimum atomic E-state index is -0.948. The molecule has 1 aromatic heterocycles. The summed E-state index contributed by atoms with van der Waals surface area (Å²) in [5, 5.41) is 12.1. The van der Waals surface area contributed by atoms with Crippen molar-refractivity contribution in [3.8, 4) is 0 Å². The smallest absolute Gasteiger partial charge is 0.339 e. The second-order valence-corrected chi connectivity index (χ2v) is 5.39. The fourth-order valence-electron chi connectivity index (χ4n) is 1.42. The van der Waals surface area contributed by atoms with Crippen LogP contribution in [-0.4, -0.2) is 22.6 Å². The SMILES string of the molecule is Cc1ccc(C(=O)O)c(NCCC(C)(C)C)n1. The predicted molar refractivity (Wildman–Crippen MR) is 68.5 cm³/mol. The van der Waals surface area contributed by atoms with E-state index in [9.17, 15) is 4.79 Å². The molecule has 0 aliphatic rings. The van der Waals surface area contributed by atoms with Gasteiger partial charge in [0.2, 0.25) is 0 Å². The van der Waals surface area contributed by atoms with Crippen molar-refractivity contribution in [2.45, 2.75) is 34.1 Å². The number of pyridine rings is 1. The highest BCUT2D eigenvalue weighted by atomic mass is 16.4. The molecule has 1 aromatic rings. The van der Waals surface area contributed by atoms with Crippen molar-refractivity contribution in [1.82, 2.24) is 4.98 Å². The summed E-state index contributed by atoms with van der Waals surface area (Å²) >= 11 is 0. The van der Waals surface area contributed by atoms with Gasteiger partial charge in [-0.15, -0.1) is 0 Å². The number of carboxylic acids is 1. The third-order valence-corrected chi connectivity index (χ3v) is 2.43. The Bertz CT molecular complexity index is 408. The van der Waals surface area contributed by atoms with E-state index in [1.54, 1.807) is 12.1 Å². The van der Waals surface area contributed by atoms with Gasteiger partial charge in [-0.3, -0.25) is 0 Å². The number of rotatable bonds is 4. The van der Waals surface area contributed by atoms with Gasteiger partial charge in [0.15, 0.2) is 0 Å². The van der Waals surface area contributed by atoms with E-state index in [1.807, 2.05) is 6.92 Å². The molecule has 0 aliphatic heterocycles. The summed E-state index contributed by atoms with van der Waals surface area (Å²) in [4.78, 5) is 15.2. The fourth-order valence-corrected chi connectivity index (χ4v) is 1.42. The standard InChI is InChI=1S/C13H20N2O2/c1-9-5-6-10(12(16)17)11(15-9)14-8-7-13(2,3)4/h5-6H,7-8H2,1-4H3,(H,14,15)(H,16,17). The number of anilines is 1. The third kappa shape index (κ3) is 4.43. The van der Waals surface area contributed by atoms with E-state index in [1.165, 1.54) is 0 Å². The highest BCUT2D eigenvalue weighted by Gasteiger charge is 2.13. The van der Waals surface area contributed by atoms with Crippen LogP contribution in [0, 0.1) is 12.3 Å². The lowest BCUT2D eigenvalue weighted by molar-refractivity contribution is 0.0697. The maximum atomic E-state index is 11.0. The molecule has 0 saturated carbocycles. The van der Waals surface area contributed by atoms with Crippen molar-refractivity contribution in [3.05, 3.63) is 23.4 Å². The van der Waals surface area contributed by atoms with Crippen molar-refractivity contribution >= 4 is 11.8 Å². The molecule has 0 aromatic carbocycles. The van der Waals surface area contributed by atoms with Crippen LogP contribution in [0.1, 0.15) is 43.2 Å². The predicted octanol–water partition coefficient (Wildman–Crippen LogP) is 2.94. The van der Waals surface area contributed by atoms with Crippen molar-refractivity contribution in [2.24, 2.45) is 5.41 Å². The van der Waals surface area contributed by atoms with E-state index in [0.717, 1.165) is 18.7 Å². The zero-order valence-electron chi connectivity index (χ0n) is 10.9. The van der Waals surface area contributed by atoms with Crippen LogP contribution in [0.2, 0.25) is 0 Å². The molecule has 0 aliphatic carbocycles. The van der Waals surface area contributed by atoms with Gasteiger partial charge in [-0.1, -0.05) is 20.8 Å². The molecule has 94 valence electrons. The molecule has 0 saturated heterocycles. The largest absolute Gasteiger partial charge is 0.478 e. The van der Waals surface area contributed by atoms with Crippen LogP contribution in [0.5, 0.6) is 0 Å². The van der Waals surface area contributed by atoms with Gasteiger partial charge in [0.05, 0.1) is 0 Å². The van der Waals surface area contributed by atoms with Crippen LogP contribution in [0.15, 0.2) is 12.1 Å². The van der Waals surface area contributed by atoms with Gasteiger partial charge in [-0.25, -0.2) is 9.78 Å². The van der Waals surface area contributed by atoms with Crippen molar-refractivity contribution in [2.75, 3.05) is 11.9 Å². The molecular weight excluding hydrogens is 216 g/mol. The minimum Gasteiger partial charge on any atom is -0.478 e. The molecule has 0 atom stereocenters. The molecule has 4 heteroatoms. The number of nitrogens with zero attached hydrogens (tertiary/aromatic N) is 1. The van der Waals surface area contributed by atoms with Crippen LogP contribution in [0.25, 0.3) is 0 Å². The zero-order valence-corrected chi connectivity index (χ0v) is 10.9.